The van der Waals surface area contributed by atoms with Gasteiger partial charge in [0.2, 0.25) is 0 Å². The maximum atomic E-state index is 14.0. The number of alkyl halides is 6. The summed E-state index contributed by atoms with van der Waals surface area (Å²) in [6, 6.07) is 32.5. The fourth-order valence-corrected chi connectivity index (χ4v) is 7.22. The standard InChI is InChI=1S/C42H24F6N4/c1-23-6-10-34-30(14-23)31-15-24(2)7-11-35(31)51(34)38-17-26(22-50)18-39(40(38)27-5-3-4-25(16-27)21-49)52-36-12-8-28(41(43,44)45)19-32(36)33-20-29(42(46,47)48)9-13-37(33)52/h3-20H,1-2H3. The zero-order chi connectivity index (χ0) is 36.7. The Kier molecular flexibility index (Phi) is 7.23. The molecule has 0 radical (unpaired) electrons. The molecule has 2 aromatic heterocycles. The zero-order valence-corrected chi connectivity index (χ0v) is 27.4. The van der Waals surface area contributed by atoms with Crippen molar-refractivity contribution in [2.45, 2.75) is 26.2 Å². The third-order valence-electron chi connectivity index (χ3n) is 9.48. The summed E-state index contributed by atoms with van der Waals surface area (Å²) >= 11 is 0. The lowest BCUT2D eigenvalue weighted by molar-refractivity contribution is -0.138. The minimum Gasteiger partial charge on any atom is -0.308 e. The van der Waals surface area contributed by atoms with E-state index in [9.17, 15) is 36.9 Å². The van der Waals surface area contributed by atoms with Gasteiger partial charge in [0.15, 0.2) is 0 Å². The minimum atomic E-state index is -4.76. The third-order valence-corrected chi connectivity index (χ3v) is 9.48. The van der Waals surface area contributed by atoms with Crippen LogP contribution in [0.15, 0.2) is 109 Å². The normalized spacial score (nSPS) is 12.2. The van der Waals surface area contributed by atoms with Crippen LogP contribution < -0.4 is 0 Å². The van der Waals surface area contributed by atoms with E-state index in [1.165, 1.54) is 12.1 Å². The molecule has 0 aliphatic carbocycles. The minimum absolute atomic E-state index is 0.0422. The number of rotatable bonds is 3. The van der Waals surface area contributed by atoms with Crippen LogP contribution in [0.5, 0.6) is 0 Å². The lowest BCUT2D eigenvalue weighted by Gasteiger charge is -2.21. The van der Waals surface area contributed by atoms with E-state index < -0.39 is 23.5 Å². The predicted octanol–water partition coefficient (Wildman–Crippen LogP) is 11.9. The summed E-state index contributed by atoms with van der Waals surface area (Å²) in [5.74, 6) is 0. The van der Waals surface area contributed by atoms with E-state index in [1.54, 1.807) is 41.0 Å². The van der Waals surface area contributed by atoms with E-state index in [4.69, 9.17) is 0 Å². The van der Waals surface area contributed by atoms with E-state index >= 15 is 0 Å². The second-order valence-corrected chi connectivity index (χ2v) is 12.9. The van der Waals surface area contributed by atoms with Crippen molar-refractivity contribution in [2.75, 3.05) is 0 Å². The number of halogens is 6. The molecule has 10 heteroatoms. The van der Waals surface area contributed by atoms with Crippen LogP contribution in [-0.2, 0) is 12.4 Å². The molecule has 254 valence electrons. The smallest absolute Gasteiger partial charge is 0.308 e. The molecule has 52 heavy (non-hydrogen) atoms. The van der Waals surface area contributed by atoms with Gasteiger partial charge in [0, 0.05) is 27.1 Å². The molecule has 0 bridgehead atoms. The van der Waals surface area contributed by atoms with Crippen LogP contribution in [0, 0.1) is 36.5 Å². The van der Waals surface area contributed by atoms with Gasteiger partial charge in [-0.2, -0.15) is 36.9 Å². The van der Waals surface area contributed by atoms with Gasteiger partial charge in [-0.25, -0.2) is 0 Å². The number of aryl methyl sites for hydroxylation is 2. The van der Waals surface area contributed by atoms with Gasteiger partial charge in [0.25, 0.3) is 0 Å². The van der Waals surface area contributed by atoms with Crippen LogP contribution in [0.4, 0.5) is 26.3 Å². The topological polar surface area (TPSA) is 57.4 Å². The second kappa shape index (κ2) is 11.5. The van der Waals surface area contributed by atoms with Crippen LogP contribution >= 0.6 is 0 Å². The van der Waals surface area contributed by atoms with Crippen LogP contribution in [0.25, 0.3) is 66.1 Å². The first-order chi connectivity index (χ1) is 24.8. The molecule has 0 N–H and O–H groups in total. The molecular formula is C42H24F6N4. The van der Waals surface area contributed by atoms with Gasteiger partial charge in [-0.1, -0.05) is 35.4 Å². The number of benzene rings is 6. The van der Waals surface area contributed by atoms with Crippen molar-refractivity contribution in [1.82, 2.24) is 9.13 Å². The van der Waals surface area contributed by atoms with E-state index in [1.807, 2.05) is 42.7 Å². The van der Waals surface area contributed by atoms with Gasteiger partial charge in [0.1, 0.15) is 0 Å². The highest BCUT2D eigenvalue weighted by atomic mass is 19.4. The van der Waals surface area contributed by atoms with Gasteiger partial charge in [-0.05, 0) is 104 Å². The molecule has 0 fully saturated rings. The highest BCUT2D eigenvalue weighted by molar-refractivity contribution is 6.12. The summed E-state index contributed by atoms with van der Waals surface area (Å²) < 4.78 is 87.8. The van der Waals surface area contributed by atoms with Gasteiger partial charge in [-0.15, -0.1) is 0 Å². The van der Waals surface area contributed by atoms with E-state index in [0.717, 1.165) is 57.2 Å². The Balaban J connectivity index is 1.59. The number of hydrogen-bond donors (Lipinski definition) is 0. The van der Waals surface area contributed by atoms with Crippen LogP contribution in [0.3, 0.4) is 0 Å². The number of nitriles is 2. The molecule has 0 aliphatic heterocycles. The molecule has 0 saturated carbocycles. The van der Waals surface area contributed by atoms with Gasteiger partial charge < -0.3 is 9.13 Å². The molecule has 0 saturated heterocycles. The van der Waals surface area contributed by atoms with E-state index in [2.05, 4.69) is 24.3 Å². The fourth-order valence-electron chi connectivity index (χ4n) is 7.22. The van der Waals surface area contributed by atoms with Crippen molar-refractivity contribution in [3.05, 3.63) is 143 Å². The average Bonchev–Trinajstić information content (AvgIpc) is 3.61. The molecule has 0 unspecified atom stereocenters. The lowest BCUT2D eigenvalue weighted by atomic mass is 9.96. The highest BCUT2D eigenvalue weighted by Gasteiger charge is 2.34. The predicted molar refractivity (Wildman–Crippen MR) is 189 cm³/mol. The van der Waals surface area contributed by atoms with Crippen molar-refractivity contribution in [3.8, 4) is 34.6 Å². The first-order valence-corrected chi connectivity index (χ1v) is 16.1. The third kappa shape index (κ3) is 5.15. The van der Waals surface area contributed by atoms with Crippen LogP contribution in [0.1, 0.15) is 33.4 Å². The summed E-state index contributed by atoms with van der Waals surface area (Å²) in [5, 5.41) is 22.2. The van der Waals surface area contributed by atoms with Crippen molar-refractivity contribution in [3.63, 3.8) is 0 Å². The summed E-state index contributed by atoms with van der Waals surface area (Å²) in [5.41, 5.74) is 4.53. The maximum absolute atomic E-state index is 14.0. The van der Waals surface area contributed by atoms with Crippen molar-refractivity contribution < 1.29 is 26.3 Å². The molecule has 0 aliphatic rings. The molecule has 0 atom stereocenters. The molecule has 0 amide bonds. The van der Waals surface area contributed by atoms with Gasteiger partial charge >= 0.3 is 12.4 Å². The number of fused-ring (bicyclic) bond motifs is 6. The number of aromatic nitrogens is 2. The number of hydrogen-bond acceptors (Lipinski definition) is 2. The monoisotopic (exact) mass is 698 g/mol. The van der Waals surface area contributed by atoms with Crippen molar-refractivity contribution in [2.24, 2.45) is 0 Å². The second-order valence-electron chi connectivity index (χ2n) is 12.9. The summed E-state index contributed by atoms with van der Waals surface area (Å²) in [4.78, 5) is 0. The molecule has 4 nitrogen and oxygen atoms in total. The molecular weight excluding hydrogens is 674 g/mol. The number of nitrogens with zero attached hydrogens (tertiary/aromatic N) is 4. The Morgan fingerprint density at radius 1 is 0.481 bits per heavy atom. The maximum Gasteiger partial charge on any atom is 0.416 e. The quantitative estimate of drug-likeness (QED) is 0.173. The Hall–Kier alpha value is -6.52. The Labute approximate surface area is 292 Å². The molecule has 8 aromatic rings. The summed E-state index contributed by atoms with van der Waals surface area (Å²) in [6.45, 7) is 3.98. The highest BCUT2D eigenvalue weighted by Crippen LogP contribution is 2.45. The SMILES string of the molecule is Cc1ccc2c(c1)c1cc(C)ccc1n2-c1cc(C#N)cc(-n2c3ccc(C(F)(F)F)cc3c3cc(C(F)(F)F)ccc32)c1-c1cccc(C#N)c1. The summed E-state index contributed by atoms with van der Waals surface area (Å²) in [7, 11) is 0. The van der Waals surface area contributed by atoms with Gasteiger partial charge in [0.05, 0.1) is 67.8 Å². The lowest BCUT2D eigenvalue weighted by Crippen LogP contribution is -2.06. The van der Waals surface area contributed by atoms with Crippen molar-refractivity contribution >= 4 is 43.6 Å². The molecule has 0 spiro atoms. The summed E-state index contributed by atoms with van der Waals surface area (Å²) in [6.07, 6.45) is -9.51. The van der Waals surface area contributed by atoms with Gasteiger partial charge in [-0.3, -0.25) is 0 Å². The van der Waals surface area contributed by atoms with E-state index in [0.29, 0.717) is 28.1 Å². The Bertz CT molecular complexity index is 2740. The molecule has 6 aromatic carbocycles. The van der Waals surface area contributed by atoms with Crippen LogP contribution in [0.2, 0.25) is 0 Å². The van der Waals surface area contributed by atoms with E-state index in [-0.39, 0.29) is 27.4 Å². The molecule has 2 heterocycles. The molecule has 8 rings (SSSR count). The fraction of sp³-hybridized carbons (Fsp3) is 0.0952. The van der Waals surface area contributed by atoms with Crippen LogP contribution in [-0.4, -0.2) is 9.13 Å². The Morgan fingerprint density at radius 3 is 1.33 bits per heavy atom. The first kappa shape index (κ1) is 32.7. The largest absolute Gasteiger partial charge is 0.416 e. The average molecular weight is 699 g/mol. The zero-order valence-electron chi connectivity index (χ0n) is 27.4. The Morgan fingerprint density at radius 2 is 0.904 bits per heavy atom. The first-order valence-electron chi connectivity index (χ1n) is 16.1. The van der Waals surface area contributed by atoms with Crippen molar-refractivity contribution in [1.29, 1.82) is 10.5 Å².